The number of carbonyl (C=O) groups excluding carboxylic acids is 1. The number of nitrogens with one attached hydrogen (secondary N) is 2. The Bertz CT molecular complexity index is 531. The van der Waals surface area contributed by atoms with Crippen LogP contribution in [-0.2, 0) is 4.74 Å². The number of carbonyl (C=O) groups is 1. The molecule has 1 saturated heterocycles. The molecule has 0 aromatic heterocycles. The molecule has 3 atom stereocenters. The minimum Gasteiger partial charge on any atom is -0.385 e. The second-order valence-electron chi connectivity index (χ2n) is 11.3. The number of hydrogen-bond donors (Lipinski definition) is 2. The molecule has 0 unspecified atom stereocenters. The molecule has 3 fully saturated rings. The maximum atomic E-state index is 13.3. The Morgan fingerprint density at radius 2 is 1.64 bits per heavy atom. The Morgan fingerprint density at radius 3 is 2.33 bits per heavy atom. The average Bonchev–Trinajstić information content (AvgIpc) is 2.85. The number of methoxy groups -OCH3 is 1. The van der Waals surface area contributed by atoms with E-state index in [4.69, 9.17) is 4.74 Å². The van der Waals surface area contributed by atoms with Gasteiger partial charge in [-0.25, -0.2) is 4.79 Å². The van der Waals surface area contributed by atoms with E-state index in [2.05, 4.69) is 15.5 Å². The number of hydrogen-bond acceptors (Lipinski definition) is 3. The SMILES string of the molecule is CNC[C@H](CC1CCCCC1)NC(=O)N1CCC[C@@H]([C@@H](CCCCOC)C2CCCCC2)C1. The Kier molecular flexibility index (Phi) is 12.4. The summed E-state index contributed by atoms with van der Waals surface area (Å²) in [6.07, 6.45) is 21.2. The topological polar surface area (TPSA) is 53.6 Å². The first-order valence-electron chi connectivity index (χ1n) is 14.4. The van der Waals surface area contributed by atoms with Crippen LogP contribution in [-0.4, -0.2) is 57.4 Å². The van der Waals surface area contributed by atoms with Crippen molar-refractivity contribution in [3.05, 3.63) is 0 Å². The molecule has 1 aliphatic heterocycles. The lowest BCUT2D eigenvalue weighted by molar-refractivity contribution is 0.0908. The Labute approximate surface area is 204 Å². The molecular weight excluding hydrogens is 410 g/mol. The van der Waals surface area contributed by atoms with E-state index in [1.807, 2.05) is 14.2 Å². The van der Waals surface area contributed by atoms with Gasteiger partial charge in [0.1, 0.15) is 0 Å². The first kappa shape index (κ1) is 26.8. The van der Waals surface area contributed by atoms with Crippen molar-refractivity contribution >= 4 is 6.03 Å². The number of unbranched alkanes of at least 4 members (excludes halogenated alkanes) is 1. The molecule has 5 nitrogen and oxygen atoms in total. The highest BCUT2D eigenvalue weighted by atomic mass is 16.5. The van der Waals surface area contributed by atoms with Crippen molar-refractivity contribution in [2.45, 2.75) is 109 Å². The van der Waals surface area contributed by atoms with Crippen LogP contribution in [0.4, 0.5) is 4.79 Å². The molecule has 5 heteroatoms. The van der Waals surface area contributed by atoms with E-state index in [-0.39, 0.29) is 12.1 Å². The lowest BCUT2D eigenvalue weighted by Gasteiger charge is -2.42. The van der Waals surface area contributed by atoms with Crippen LogP contribution < -0.4 is 10.6 Å². The fourth-order valence-electron chi connectivity index (χ4n) is 7.12. The van der Waals surface area contributed by atoms with Crippen LogP contribution in [0.3, 0.4) is 0 Å². The van der Waals surface area contributed by atoms with Crippen LogP contribution >= 0.6 is 0 Å². The third-order valence-electron chi connectivity index (χ3n) is 8.86. The van der Waals surface area contributed by atoms with Crippen molar-refractivity contribution in [2.24, 2.45) is 23.7 Å². The number of likely N-dealkylation sites (tertiary alicyclic amines) is 1. The molecule has 2 N–H and O–H groups in total. The second kappa shape index (κ2) is 15.2. The van der Waals surface area contributed by atoms with E-state index in [0.717, 1.165) is 50.4 Å². The monoisotopic (exact) mass is 463 g/mol. The highest BCUT2D eigenvalue weighted by Crippen LogP contribution is 2.40. The van der Waals surface area contributed by atoms with Crippen molar-refractivity contribution in [2.75, 3.05) is 40.4 Å². The van der Waals surface area contributed by atoms with E-state index in [1.165, 1.54) is 96.3 Å². The smallest absolute Gasteiger partial charge is 0.317 e. The van der Waals surface area contributed by atoms with Gasteiger partial charge in [-0.2, -0.15) is 0 Å². The number of ether oxygens (including phenoxy) is 1. The lowest BCUT2D eigenvalue weighted by atomic mass is 9.70. The van der Waals surface area contributed by atoms with Crippen LogP contribution in [0.2, 0.25) is 0 Å². The first-order chi connectivity index (χ1) is 16.2. The van der Waals surface area contributed by atoms with Gasteiger partial charge in [0, 0.05) is 39.4 Å². The summed E-state index contributed by atoms with van der Waals surface area (Å²) in [4.78, 5) is 15.5. The molecule has 3 aliphatic rings. The van der Waals surface area contributed by atoms with Gasteiger partial charge < -0.3 is 20.3 Å². The average molecular weight is 464 g/mol. The molecule has 2 amide bonds. The summed E-state index contributed by atoms with van der Waals surface area (Å²) in [6.45, 7) is 3.65. The molecular formula is C28H53N3O2. The first-order valence-corrected chi connectivity index (χ1v) is 14.4. The Morgan fingerprint density at radius 1 is 0.939 bits per heavy atom. The zero-order chi connectivity index (χ0) is 23.3. The van der Waals surface area contributed by atoms with Gasteiger partial charge in [-0.1, -0.05) is 70.6 Å². The summed E-state index contributed by atoms with van der Waals surface area (Å²) < 4.78 is 5.31. The molecule has 1 heterocycles. The van der Waals surface area contributed by atoms with E-state index < -0.39 is 0 Å². The summed E-state index contributed by atoms with van der Waals surface area (Å²) in [5.41, 5.74) is 0. The summed E-state index contributed by atoms with van der Waals surface area (Å²) in [6, 6.07) is 0.451. The number of likely N-dealkylation sites (N-methyl/N-ethyl adjacent to an activating group) is 1. The largest absolute Gasteiger partial charge is 0.385 e. The van der Waals surface area contributed by atoms with E-state index >= 15 is 0 Å². The molecule has 33 heavy (non-hydrogen) atoms. The molecule has 2 aliphatic carbocycles. The quantitative estimate of drug-likeness (QED) is 0.350. The van der Waals surface area contributed by atoms with Gasteiger partial charge >= 0.3 is 6.03 Å². The van der Waals surface area contributed by atoms with Crippen LogP contribution in [0.15, 0.2) is 0 Å². The van der Waals surface area contributed by atoms with Crippen molar-refractivity contribution in [1.29, 1.82) is 0 Å². The number of urea groups is 1. The van der Waals surface area contributed by atoms with Gasteiger partial charge in [-0.05, 0) is 62.8 Å². The molecule has 2 saturated carbocycles. The summed E-state index contributed by atoms with van der Waals surface area (Å²) in [7, 11) is 3.82. The number of rotatable bonds is 12. The Balaban J connectivity index is 1.55. The van der Waals surface area contributed by atoms with Crippen LogP contribution in [0, 0.1) is 23.7 Å². The maximum Gasteiger partial charge on any atom is 0.317 e. The van der Waals surface area contributed by atoms with Crippen molar-refractivity contribution < 1.29 is 9.53 Å². The van der Waals surface area contributed by atoms with Gasteiger partial charge in [0.15, 0.2) is 0 Å². The number of piperidine rings is 1. The Hall–Kier alpha value is -0.810. The van der Waals surface area contributed by atoms with Gasteiger partial charge in [-0.15, -0.1) is 0 Å². The normalized spacial score (nSPS) is 25.0. The third kappa shape index (κ3) is 9.05. The fraction of sp³-hybridized carbons (Fsp3) is 0.964. The zero-order valence-corrected chi connectivity index (χ0v) is 21.8. The summed E-state index contributed by atoms with van der Waals surface area (Å²) in [5, 5.41) is 6.77. The predicted octanol–water partition coefficient (Wildman–Crippen LogP) is 5.98. The minimum atomic E-state index is 0.192. The lowest BCUT2D eigenvalue weighted by Crippen LogP contribution is -2.52. The summed E-state index contributed by atoms with van der Waals surface area (Å²) in [5.74, 6) is 3.12. The molecule has 0 spiro atoms. The van der Waals surface area contributed by atoms with Crippen molar-refractivity contribution in [3.8, 4) is 0 Å². The fourth-order valence-corrected chi connectivity index (χ4v) is 7.12. The standard InChI is InChI=1S/C28H53N3O2/c1-29-21-26(20-23-12-5-3-6-13-23)30-28(32)31-18-11-16-25(22-31)27(17-9-10-19-33-2)24-14-7-4-8-15-24/h23-27,29H,3-22H2,1-2H3,(H,30,32)/t25-,26+,27+/m1/s1. The second-order valence-corrected chi connectivity index (χ2v) is 11.3. The third-order valence-corrected chi connectivity index (χ3v) is 8.86. The molecule has 3 rings (SSSR count). The van der Waals surface area contributed by atoms with E-state index in [9.17, 15) is 4.79 Å². The van der Waals surface area contributed by atoms with Crippen LogP contribution in [0.1, 0.15) is 103 Å². The number of amides is 2. The van der Waals surface area contributed by atoms with Gasteiger partial charge in [0.05, 0.1) is 0 Å². The van der Waals surface area contributed by atoms with Crippen LogP contribution in [0.25, 0.3) is 0 Å². The summed E-state index contributed by atoms with van der Waals surface area (Å²) >= 11 is 0. The molecule has 0 bridgehead atoms. The molecule has 0 radical (unpaired) electrons. The minimum absolute atomic E-state index is 0.192. The van der Waals surface area contributed by atoms with E-state index in [1.54, 1.807) is 0 Å². The highest BCUT2D eigenvalue weighted by molar-refractivity contribution is 5.74. The number of nitrogens with zero attached hydrogens (tertiary/aromatic N) is 1. The van der Waals surface area contributed by atoms with Gasteiger partial charge in [0.25, 0.3) is 0 Å². The predicted molar refractivity (Wildman–Crippen MR) is 138 cm³/mol. The van der Waals surface area contributed by atoms with E-state index in [0.29, 0.717) is 5.92 Å². The molecule has 192 valence electrons. The zero-order valence-electron chi connectivity index (χ0n) is 21.8. The maximum absolute atomic E-state index is 13.3. The van der Waals surface area contributed by atoms with Gasteiger partial charge in [-0.3, -0.25) is 0 Å². The molecule has 0 aromatic rings. The molecule has 0 aromatic carbocycles. The van der Waals surface area contributed by atoms with Crippen LogP contribution in [0.5, 0.6) is 0 Å². The highest BCUT2D eigenvalue weighted by Gasteiger charge is 2.34. The van der Waals surface area contributed by atoms with Crippen molar-refractivity contribution in [1.82, 2.24) is 15.5 Å². The van der Waals surface area contributed by atoms with Gasteiger partial charge in [0.2, 0.25) is 0 Å². The van der Waals surface area contributed by atoms with Crippen molar-refractivity contribution in [3.63, 3.8) is 0 Å².